The van der Waals surface area contributed by atoms with Gasteiger partial charge in [0.1, 0.15) is 6.10 Å². The average molecular weight is 471 g/mol. The van der Waals surface area contributed by atoms with Crippen molar-refractivity contribution < 1.29 is 22.7 Å². The largest absolute Gasteiger partial charge is 0.445 e. The van der Waals surface area contributed by atoms with Crippen LogP contribution in [0.5, 0.6) is 0 Å². The Bertz CT molecular complexity index is 1090. The van der Waals surface area contributed by atoms with E-state index in [0.717, 1.165) is 87.0 Å². The van der Waals surface area contributed by atoms with Gasteiger partial charge in [-0.25, -0.2) is 4.79 Å². The summed E-state index contributed by atoms with van der Waals surface area (Å²) >= 11 is 0. The first-order valence-electron chi connectivity index (χ1n) is 12.3. The Morgan fingerprint density at radius 3 is 2.32 bits per heavy atom. The van der Waals surface area contributed by atoms with Crippen molar-refractivity contribution in [3.63, 3.8) is 0 Å². The fourth-order valence-corrected chi connectivity index (χ4v) is 6.24. The number of nitrogens with zero attached hydrogens (tertiary/aromatic N) is 1. The van der Waals surface area contributed by atoms with E-state index >= 15 is 0 Å². The zero-order valence-electron chi connectivity index (χ0n) is 19.0. The van der Waals surface area contributed by atoms with Crippen LogP contribution in [0.4, 0.5) is 18.0 Å². The number of nitrogens with one attached hydrogen (secondary N) is 1. The number of benzene rings is 2. The first-order valence-corrected chi connectivity index (χ1v) is 12.3. The molecule has 3 heterocycles. The second kappa shape index (κ2) is 8.01. The Hall–Kier alpha value is -2.54. The molecule has 7 rings (SSSR count). The highest BCUT2D eigenvalue weighted by Crippen LogP contribution is 2.61. The van der Waals surface area contributed by atoms with Crippen molar-refractivity contribution in [2.75, 3.05) is 19.6 Å². The zero-order valence-corrected chi connectivity index (χ0v) is 19.0. The molecule has 2 atom stereocenters. The number of alkyl halides is 3. The minimum absolute atomic E-state index is 0.0424. The van der Waals surface area contributed by atoms with Crippen molar-refractivity contribution in [2.45, 2.75) is 56.8 Å². The molecule has 2 aromatic carbocycles. The molecular weight excluding hydrogens is 441 g/mol. The van der Waals surface area contributed by atoms with E-state index in [1.54, 1.807) is 0 Å². The van der Waals surface area contributed by atoms with Crippen molar-refractivity contribution >= 4 is 6.09 Å². The minimum atomic E-state index is -4.35. The van der Waals surface area contributed by atoms with Crippen molar-refractivity contribution in [3.05, 3.63) is 59.2 Å². The fraction of sp³-hybridized carbons (Fsp3) is 0.519. The number of hydrogen-bond donors (Lipinski definition) is 1. The SMILES string of the molecule is O=C(NC1c2cc(-c3ccc(C(F)(F)F)cc3)ccc2CCC12CC2)O[C@H]1CN2CCC1CC2. The zero-order chi connectivity index (χ0) is 23.5. The van der Waals surface area contributed by atoms with Gasteiger partial charge in [-0.1, -0.05) is 24.3 Å². The van der Waals surface area contributed by atoms with Gasteiger partial charge in [0.15, 0.2) is 0 Å². The lowest BCUT2D eigenvalue weighted by Crippen LogP contribution is -2.53. The third-order valence-electron chi connectivity index (χ3n) is 8.52. The minimum Gasteiger partial charge on any atom is -0.445 e. The molecule has 180 valence electrons. The van der Waals surface area contributed by atoms with Gasteiger partial charge in [-0.3, -0.25) is 4.90 Å². The first kappa shape index (κ1) is 22.0. The molecule has 2 aromatic rings. The maximum atomic E-state index is 13.0. The molecule has 1 amide bonds. The molecule has 4 fully saturated rings. The monoisotopic (exact) mass is 470 g/mol. The molecule has 4 nitrogen and oxygen atoms in total. The number of halogens is 3. The van der Waals surface area contributed by atoms with Crippen LogP contribution < -0.4 is 5.32 Å². The molecule has 0 radical (unpaired) electrons. The molecule has 2 bridgehead atoms. The second-order valence-corrected chi connectivity index (χ2v) is 10.5. The van der Waals surface area contributed by atoms with Crippen LogP contribution in [0, 0.1) is 11.3 Å². The predicted octanol–water partition coefficient (Wildman–Crippen LogP) is 5.96. The highest BCUT2D eigenvalue weighted by Gasteiger charge is 2.53. The molecule has 1 unspecified atom stereocenters. The molecule has 1 N–H and O–H groups in total. The normalized spacial score (nSPS) is 28.9. The van der Waals surface area contributed by atoms with Crippen LogP contribution in [-0.2, 0) is 17.3 Å². The van der Waals surface area contributed by atoms with E-state index in [-0.39, 0.29) is 23.7 Å². The summed E-state index contributed by atoms with van der Waals surface area (Å²) in [6, 6.07) is 11.2. The summed E-state index contributed by atoms with van der Waals surface area (Å²) in [4.78, 5) is 15.4. The lowest BCUT2D eigenvalue weighted by Gasteiger charge is -2.44. The van der Waals surface area contributed by atoms with Gasteiger partial charge in [-0.2, -0.15) is 13.2 Å². The van der Waals surface area contributed by atoms with Gasteiger partial charge >= 0.3 is 12.3 Å². The van der Waals surface area contributed by atoms with Crippen LogP contribution in [0.15, 0.2) is 42.5 Å². The van der Waals surface area contributed by atoms with Crippen molar-refractivity contribution in [1.29, 1.82) is 0 Å². The predicted molar refractivity (Wildman–Crippen MR) is 122 cm³/mol. The van der Waals surface area contributed by atoms with Gasteiger partial charge in [0.05, 0.1) is 11.6 Å². The Labute approximate surface area is 197 Å². The number of carbonyl (C=O) groups excluding carboxylic acids is 1. The fourth-order valence-electron chi connectivity index (χ4n) is 6.24. The van der Waals surface area contributed by atoms with Crippen molar-refractivity contribution in [3.8, 4) is 11.1 Å². The molecule has 0 aromatic heterocycles. The van der Waals surface area contributed by atoms with E-state index in [1.165, 1.54) is 17.7 Å². The Balaban J connectivity index is 1.24. The van der Waals surface area contributed by atoms with E-state index in [1.807, 2.05) is 6.07 Å². The molecule has 2 aliphatic carbocycles. The van der Waals surface area contributed by atoms with Crippen LogP contribution in [0.2, 0.25) is 0 Å². The number of fused-ring (bicyclic) bond motifs is 4. The number of rotatable bonds is 3. The van der Waals surface area contributed by atoms with Crippen LogP contribution in [0.1, 0.15) is 54.8 Å². The van der Waals surface area contributed by atoms with Crippen molar-refractivity contribution in [1.82, 2.24) is 10.2 Å². The van der Waals surface area contributed by atoms with Gasteiger partial charge in [0, 0.05) is 6.54 Å². The third kappa shape index (κ3) is 3.98. The summed E-state index contributed by atoms with van der Waals surface area (Å²) in [5, 5.41) is 3.21. The van der Waals surface area contributed by atoms with Gasteiger partial charge in [-0.15, -0.1) is 0 Å². The lowest BCUT2D eigenvalue weighted by atomic mass is 9.76. The Kier molecular flexibility index (Phi) is 5.17. The average Bonchev–Trinajstić information content (AvgIpc) is 3.61. The van der Waals surface area contributed by atoms with Gasteiger partial charge in [0.25, 0.3) is 0 Å². The van der Waals surface area contributed by atoms with Crippen LogP contribution in [0.3, 0.4) is 0 Å². The number of ether oxygens (including phenoxy) is 1. The quantitative estimate of drug-likeness (QED) is 0.602. The Morgan fingerprint density at radius 1 is 1.00 bits per heavy atom. The van der Waals surface area contributed by atoms with Crippen LogP contribution in [-0.4, -0.2) is 36.7 Å². The smallest absolute Gasteiger partial charge is 0.416 e. The van der Waals surface area contributed by atoms with E-state index in [2.05, 4.69) is 22.3 Å². The number of carbonyl (C=O) groups is 1. The second-order valence-electron chi connectivity index (χ2n) is 10.5. The maximum Gasteiger partial charge on any atom is 0.416 e. The van der Waals surface area contributed by atoms with Crippen LogP contribution in [0.25, 0.3) is 11.1 Å². The van der Waals surface area contributed by atoms with Gasteiger partial charge in [-0.05, 0) is 103 Å². The Morgan fingerprint density at radius 2 is 1.71 bits per heavy atom. The van der Waals surface area contributed by atoms with E-state index in [4.69, 9.17) is 4.74 Å². The first-order chi connectivity index (χ1) is 16.3. The number of alkyl carbamates (subject to hydrolysis) is 1. The van der Waals surface area contributed by atoms with Gasteiger partial charge in [0.2, 0.25) is 0 Å². The summed E-state index contributed by atoms with van der Waals surface area (Å²) in [6.45, 7) is 3.01. The van der Waals surface area contributed by atoms with E-state index in [9.17, 15) is 18.0 Å². The lowest BCUT2D eigenvalue weighted by molar-refractivity contribution is -0.137. The standard InChI is InChI=1S/C27H29F3N2O2/c28-27(29,30)21-5-3-17(4-6-21)20-2-1-18-7-10-26(11-12-26)24(22(18)15-20)31-25(33)34-23-16-32-13-8-19(23)9-14-32/h1-6,15,19,23-24H,7-14,16H2,(H,31,33)/t23-,24?/m0/s1. The highest BCUT2D eigenvalue weighted by molar-refractivity contribution is 5.70. The molecule has 3 aliphatic heterocycles. The summed E-state index contributed by atoms with van der Waals surface area (Å²) in [7, 11) is 0. The molecular formula is C27H29F3N2O2. The van der Waals surface area contributed by atoms with Crippen molar-refractivity contribution in [2.24, 2.45) is 11.3 Å². The summed E-state index contributed by atoms with van der Waals surface area (Å²) < 4.78 is 44.9. The molecule has 3 saturated heterocycles. The van der Waals surface area contributed by atoms with Gasteiger partial charge < -0.3 is 10.1 Å². The van der Waals surface area contributed by atoms with E-state index < -0.39 is 11.7 Å². The van der Waals surface area contributed by atoms with Crippen LogP contribution >= 0.6 is 0 Å². The molecule has 7 heteroatoms. The molecule has 1 saturated carbocycles. The topological polar surface area (TPSA) is 41.6 Å². The maximum absolute atomic E-state index is 13.0. The van der Waals surface area contributed by atoms with E-state index in [0.29, 0.717) is 5.92 Å². The summed E-state index contributed by atoms with van der Waals surface area (Å²) in [5.74, 6) is 0.454. The highest BCUT2D eigenvalue weighted by atomic mass is 19.4. The number of amides is 1. The molecule has 5 aliphatic rings. The molecule has 1 spiro atoms. The number of aryl methyl sites for hydroxylation is 1. The number of hydrogen-bond acceptors (Lipinski definition) is 3. The summed E-state index contributed by atoms with van der Waals surface area (Å²) in [6.07, 6.45) is 1.57. The molecule has 34 heavy (non-hydrogen) atoms. The summed E-state index contributed by atoms with van der Waals surface area (Å²) in [5.41, 5.74) is 3.29. The number of piperidine rings is 3. The third-order valence-corrected chi connectivity index (χ3v) is 8.52.